The number of aromatic nitrogens is 3. The number of hydrogen-bond acceptors (Lipinski definition) is 5. The van der Waals surface area contributed by atoms with E-state index < -0.39 is 11.7 Å². The Morgan fingerprint density at radius 1 is 1.04 bits per heavy atom. The molecule has 0 saturated heterocycles. The van der Waals surface area contributed by atoms with Crippen molar-refractivity contribution in [3.63, 3.8) is 0 Å². The fourth-order valence-electron chi connectivity index (χ4n) is 2.56. The number of nitrogens with zero attached hydrogens (tertiary/aromatic N) is 4. The van der Waals surface area contributed by atoms with Gasteiger partial charge in [-0.3, -0.25) is 4.98 Å². The van der Waals surface area contributed by atoms with Crippen LogP contribution in [0.4, 0.5) is 30.5 Å². The van der Waals surface area contributed by atoms with Crippen molar-refractivity contribution in [2.24, 2.45) is 0 Å². The summed E-state index contributed by atoms with van der Waals surface area (Å²) in [6, 6.07) is 10.8. The summed E-state index contributed by atoms with van der Waals surface area (Å²) in [6.45, 7) is 0.694. The SMILES string of the molecule is CN(CCc1ccncc1)c1cc(Nc2ccccc2C(F)(F)F)ncn1. The molecule has 3 aromatic rings. The van der Waals surface area contributed by atoms with E-state index in [1.165, 1.54) is 18.5 Å². The third kappa shape index (κ3) is 4.93. The number of para-hydroxylation sites is 1. The molecule has 0 fully saturated rings. The van der Waals surface area contributed by atoms with E-state index in [0.29, 0.717) is 18.2 Å². The Kier molecular flexibility index (Phi) is 5.54. The van der Waals surface area contributed by atoms with E-state index in [0.717, 1.165) is 18.1 Å². The molecule has 0 spiro atoms. The monoisotopic (exact) mass is 373 g/mol. The van der Waals surface area contributed by atoms with E-state index in [-0.39, 0.29) is 5.69 Å². The molecule has 0 saturated carbocycles. The van der Waals surface area contributed by atoms with Gasteiger partial charge in [-0.05, 0) is 36.2 Å². The van der Waals surface area contributed by atoms with Crippen molar-refractivity contribution in [3.05, 3.63) is 72.3 Å². The van der Waals surface area contributed by atoms with Gasteiger partial charge >= 0.3 is 6.18 Å². The smallest absolute Gasteiger partial charge is 0.359 e. The van der Waals surface area contributed by atoms with Crippen molar-refractivity contribution in [2.45, 2.75) is 12.6 Å². The van der Waals surface area contributed by atoms with Crippen molar-refractivity contribution in [1.29, 1.82) is 0 Å². The molecule has 2 heterocycles. The van der Waals surface area contributed by atoms with Crippen LogP contribution in [-0.4, -0.2) is 28.5 Å². The van der Waals surface area contributed by atoms with Crippen molar-refractivity contribution >= 4 is 17.3 Å². The number of rotatable bonds is 6. The second-order valence-corrected chi connectivity index (χ2v) is 5.96. The quantitative estimate of drug-likeness (QED) is 0.698. The summed E-state index contributed by atoms with van der Waals surface area (Å²) in [6.07, 6.45) is 1.15. The molecule has 0 aliphatic carbocycles. The van der Waals surface area contributed by atoms with Crippen molar-refractivity contribution in [1.82, 2.24) is 15.0 Å². The molecule has 27 heavy (non-hydrogen) atoms. The van der Waals surface area contributed by atoms with Crippen LogP contribution in [0.15, 0.2) is 61.2 Å². The molecular formula is C19H18F3N5. The topological polar surface area (TPSA) is 53.9 Å². The van der Waals surface area contributed by atoms with Crippen molar-refractivity contribution < 1.29 is 13.2 Å². The van der Waals surface area contributed by atoms with Crippen LogP contribution >= 0.6 is 0 Å². The summed E-state index contributed by atoms with van der Waals surface area (Å²) in [5.41, 5.74) is 0.355. The Bertz CT molecular complexity index is 884. The van der Waals surface area contributed by atoms with Crippen molar-refractivity contribution in [2.75, 3.05) is 23.8 Å². The third-order valence-electron chi connectivity index (χ3n) is 4.02. The van der Waals surface area contributed by atoms with Gasteiger partial charge in [0.2, 0.25) is 0 Å². The predicted octanol–water partition coefficient (Wildman–Crippen LogP) is 4.31. The standard InChI is InChI=1S/C19H18F3N5/c1-27(11-8-14-6-9-23-10-7-14)18-12-17(24-13-25-18)26-16-5-3-2-4-15(16)19(20,21)22/h2-7,9-10,12-13H,8,11H2,1H3,(H,24,25,26). The normalized spacial score (nSPS) is 11.3. The van der Waals surface area contributed by atoms with Gasteiger partial charge in [-0.15, -0.1) is 0 Å². The predicted molar refractivity (Wildman–Crippen MR) is 98.0 cm³/mol. The summed E-state index contributed by atoms with van der Waals surface area (Å²) in [7, 11) is 1.87. The molecule has 0 radical (unpaired) electrons. The molecule has 2 aromatic heterocycles. The number of benzene rings is 1. The van der Waals surface area contributed by atoms with Gasteiger partial charge in [0.1, 0.15) is 18.0 Å². The number of anilines is 3. The van der Waals surface area contributed by atoms with Crippen LogP contribution in [0.5, 0.6) is 0 Å². The lowest BCUT2D eigenvalue weighted by Gasteiger charge is -2.19. The summed E-state index contributed by atoms with van der Waals surface area (Å²) < 4.78 is 39.4. The summed E-state index contributed by atoms with van der Waals surface area (Å²) in [4.78, 5) is 14.1. The van der Waals surface area contributed by atoms with Crippen LogP contribution in [0.1, 0.15) is 11.1 Å². The summed E-state index contributed by atoms with van der Waals surface area (Å²) in [5.74, 6) is 0.915. The van der Waals surface area contributed by atoms with Gasteiger partial charge in [0, 0.05) is 32.1 Å². The molecule has 1 N–H and O–H groups in total. The highest BCUT2D eigenvalue weighted by Crippen LogP contribution is 2.35. The number of hydrogen-bond donors (Lipinski definition) is 1. The molecule has 0 amide bonds. The first-order valence-electron chi connectivity index (χ1n) is 8.29. The van der Waals surface area contributed by atoms with E-state index in [1.807, 2.05) is 24.1 Å². The van der Waals surface area contributed by atoms with Gasteiger partial charge in [0.15, 0.2) is 0 Å². The molecular weight excluding hydrogens is 355 g/mol. The fourth-order valence-corrected chi connectivity index (χ4v) is 2.56. The molecule has 0 aliphatic heterocycles. The molecule has 5 nitrogen and oxygen atoms in total. The van der Waals surface area contributed by atoms with Gasteiger partial charge in [-0.1, -0.05) is 12.1 Å². The molecule has 0 unspecified atom stereocenters. The third-order valence-corrected chi connectivity index (χ3v) is 4.02. The van der Waals surface area contributed by atoms with E-state index in [1.54, 1.807) is 24.5 Å². The maximum Gasteiger partial charge on any atom is 0.418 e. The van der Waals surface area contributed by atoms with E-state index in [4.69, 9.17) is 0 Å². The zero-order valence-corrected chi connectivity index (χ0v) is 14.6. The lowest BCUT2D eigenvalue weighted by atomic mass is 10.1. The number of nitrogens with one attached hydrogen (secondary N) is 1. The minimum Gasteiger partial charge on any atom is -0.359 e. The maximum absolute atomic E-state index is 13.1. The highest BCUT2D eigenvalue weighted by atomic mass is 19.4. The van der Waals surface area contributed by atoms with Gasteiger partial charge in [-0.2, -0.15) is 13.2 Å². The van der Waals surface area contributed by atoms with E-state index >= 15 is 0 Å². The van der Waals surface area contributed by atoms with Gasteiger partial charge in [0.25, 0.3) is 0 Å². The first-order chi connectivity index (χ1) is 12.9. The van der Waals surface area contributed by atoms with Crippen LogP contribution in [-0.2, 0) is 12.6 Å². The van der Waals surface area contributed by atoms with Gasteiger partial charge in [-0.25, -0.2) is 9.97 Å². The zero-order valence-electron chi connectivity index (χ0n) is 14.6. The summed E-state index contributed by atoms with van der Waals surface area (Å²) >= 11 is 0. The Morgan fingerprint density at radius 2 is 1.78 bits per heavy atom. The molecule has 0 bridgehead atoms. The number of likely N-dealkylation sites (N-methyl/N-ethyl adjacent to an activating group) is 1. The minimum atomic E-state index is -4.44. The average molecular weight is 373 g/mol. The highest BCUT2D eigenvalue weighted by molar-refractivity contribution is 5.63. The van der Waals surface area contributed by atoms with Crippen LogP contribution in [0.25, 0.3) is 0 Å². The minimum absolute atomic E-state index is 0.0471. The Morgan fingerprint density at radius 3 is 2.52 bits per heavy atom. The van der Waals surface area contributed by atoms with Crippen LogP contribution < -0.4 is 10.2 Å². The number of halogens is 3. The molecule has 140 valence electrons. The molecule has 0 aliphatic rings. The first kappa shape index (κ1) is 18.6. The highest BCUT2D eigenvalue weighted by Gasteiger charge is 2.33. The second-order valence-electron chi connectivity index (χ2n) is 5.96. The number of pyridine rings is 1. The fraction of sp³-hybridized carbons (Fsp3) is 0.211. The van der Waals surface area contributed by atoms with E-state index in [9.17, 15) is 13.2 Å². The van der Waals surface area contributed by atoms with Crippen LogP contribution in [0.3, 0.4) is 0 Å². The zero-order chi connectivity index (χ0) is 19.3. The lowest BCUT2D eigenvalue weighted by Crippen LogP contribution is -2.21. The van der Waals surface area contributed by atoms with Gasteiger partial charge in [0.05, 0.1) is 11.3 Å². The number of alkyl halides is 3. The van der Waals surface area contributed by atoms with Gasteiger partial charge < -0.3 is 10.2 Å². The van der Waals surface area contributed by atoms with E-state index in [2.05, 4.69) is 20.3 Å². The van der Waals surface area contributed by atoms with Crippen LogP contribution in [0, 0.1) is 0 Å². The Balaban J connectivity index is 1.72. The lowest BCUT2D eigenvalue weighted by molar-refractivity contribution is -0.136. The maximum atomic E-state index is 13.1. The molecule has 3 rings (SSSR count). The Labute approximate surface area is 154 Å². The van der Waals surface area contributed by atoms with Crippen LogP contribution in [0.2, 0.25) is 0 Å². The summed E-state index contributed by atoms with van der Waals surface area (Å²) in [5, 5.41) is 2.74. The average Bonchev–Trinajstić information content (AvgIpc) is 2.67. The van der Waals surface area contributed by atoms with Crippen molar-refractivity contribution in [3.8, 4) is 0 Å². The Hall–Kier alpha value is -3.16. The molecule has 0 atom stereocenters. The largest absolute Gasteiger partial charge is 0.418 e. The second kappa shape index (κ2) is 8.03. The first-order valence-corrected chi connectivity index (χ1v) is 8.29. The molecule has 1 aromatic carbocycles. The molecule has 8 heteroatoms.